The largest absolute Gasteiger partial charge is 0.353 e. The van der Waals surface area contributed by atoms with Crippen molar-refractivity contribution >= 4 is 52.0 Å². The van der Waals surface area contributed by atoms with Gasteiger partial charge in [0, 0.05) is 6.20 Å². The van der Waals surface area contributed by atoms with Crippen molar-refractivity contribution in [2.24, 2.45) is 0 Å². The second kappa shape index (κ2) is 7.29. The third kappa shape index (κ3) is 3.93. The highest BCUT2D eigenvalue weighted by atomic mass is 35.5. The van der Waals surface area contributed by atoms with Crippen molar-refractivity contribution in [1.29, 1.82) is 0 Å². The molecule has 126 valence electrons. The van der Waals surface area contributed by atoms with Crippen LogP contribution in [0.25, 0.3) is 0 Å². The SMILES string of the molecule is O=[N+]([O-])c1c(Nc2ccc(Cl)cn2)ncnc1Nc1ccccc1Cl. The van der Waals surface area contributed by atoms with Gasteiger partial charge in [0.1, 0.15) is 12.1 Å². The first kappa shape index (κ1) is 16.9. The van der Waals surface area contributed by atoms with E-state index in [9.17, 15) is 10.1 Å². The molecule has 0 aliphatic rings. The molecule has 2 heterocycles. The van der Waals surface area contributed by atoms with E-state index in [0.29, 0.717) is 21.6 Å². The van der Waals surface area contributed by atoms with Gasteiger partial charge in [-0.1, -0.05) is 35.3 Å². The second-order valence-electron chi connectivity index (χ2n) is 4.77. The van der Waals surface area contributed by atoms with Gasteiger partial charge in [0.05, 0.1) is 20.7 Å². The molecule has 3 rings (SSSR count). The Balaban J connectivity index is 1.98. The van der Waals surface area contributed by atoms with E-state index in [1.807, 2.05) is 0 Å². The molecule has 0 radical (unpaired) electrons. The summed E-state index contributed by atoms with van der Waals surface area (Å²) in [7, 11) is 0. The van der Waals surface area contributed by atoms with Gasteiger partial charge >= 0.3 is 5.69 Å². The van der Waals surface area contributed by atoms with Crippen molar-refractivity contribution in [2.75, 3.05) is 10.6 Å². The fourth-order valence-electron chi connectivity index (χ4n) is 2.00. The quantitative estimate of drug-likeness (QED) is 0.495. The Labute approximate surface area is 152 Å². The van der Waals surface area contributed by atoms with Crippen LogP contribution in [0.1, 0.15) is 0 Å². The molecular weight excluding hydrogens is 367 g/mol. The number of aromatic nitrogens is 3. The zero-order valence-electron chi connectivity index (χ0n) is 12.5. The first-order valence-corrected chi connectivity index (χ1v) is 7.69. The number of nitrogens with zero attached hydrogens (tertiary/aromatic N) is 4. The molecule has 0 unspecified atom stereocenters. The Bertz CT molecular complexity index is 920. The monoisotopic (exact) mass is 376 g/mol. The van der Waals surface area contributed by atoms with Gasteiger partial charge in [-0.2, -0.15) is 0 Å². The van der Waals surface area contributed by atoms with Gasteiger partial charge in [-0.3, -0.25) is 10.1 Å². The molecule has 3 aromatic rings. The van der Waals surface area contributed by atoms with Crippen molar-refractivity contribution in [3.05, 3.63) is 69.1 Å². The molecular formula is C15H10Cl2N6O2. The van der Waals surface area contributed by atoms with Crippen LogP contribution in [0.5, 0.6) is 0 Å². The van der Waals surface area contributed by atoms with E-state index < -0.39 is 4.92 Å². The molecule has 0 fully saturated rings. The number of nitrogens with one attached hydrogen (secondary N) is 2. The highest BCUT2D eigenvalue weighted by molar-refractivity contribution is 6.33. The Morgan fingerprint density at radius 3 is 2.32 bits per heavy atom. The maximum Gasteiger partial charge on any atom is 0.353 e. The van der Waals surface area contributed by atoms with E-state index in [2.05, 4.69) is 25.6 Å². The van der Waals surface area contributed by atoms with Gasteiger partial charge in [-0.15, -0.1) is 0 Å². The van der Waals surface area contributed by atoms with Crippen LogP contribution < -0.4 is 10.6 Å². The average molecular weight is 377 g/mol. The first-order chi connectivity index (χ1) is 12.0. The van der Waals surface area contributed by atoms with Gasteiger partial charge in [-0.25, -0.2) is 15.0 Å². The smallest absolute Gasteiger partial charge is 0.333 e. The number of hydrogen-bond acceptors (Lipinski definition) is 7. The molecule has 0 saturated carbocycles. The van der Waals surface area contributed by atoms with Gasteiger partial charge in [0.15, 0.2) is 0 Å². The van der Waals surface area contributed by atoms with Crippen LogP contribution >= 0.6 is 23.2 Å². The minimum Gasteiger partial charge on any atom is -0.333 e. The number of anilines is 4. The van der Waals surface area contributed by atoms with Crippen LogP contribution in [-0.4, -0.2) is 19.9 Å². The molecule has 0 spiro atoms. The average Bonchev–Trinajstić information content (AvgIpc) is 2.59. The lowest BCUT2D eigenvalue weighted by molar-refractivity contribution is -0.383. The highest BCUT2D eigenvalue weighted by Gasteiger charge is 2.24. The molecule has 2 N–H and O–H groups in total. The summed E-state index contributed by atoms with van der Waals surface area (Å²) in [6.45, 7) is 0. The van der Waals surface area contributed by atoms with Gasteiger partial charge in [0.2, 0.25) is 11.6 Å². The molecule has 1 aromatic carbocycles. The van der Waals surface area contributed by atoms with Crippen molar-refractivity contribution in [3.63, 3.8) is 0 Å². The minimum absolute atomic E-state index is 0.00423. The van der Waals surface area contributed by atoms with Crippen LogP contribution in [0.15, 0.2) is 48.9 Å². The summed E-state index contributed by atoms with van der Waals surface area (Å²) in [4.78, 5) is 22.9. The fraction of sp³-hybridized carbons (Fsp3) is 0. The van der Waals surface area contributed by atoms with Crippen molar-refractivity contribution in [1.82, 2.24) is 15.0 Å². The van der Waals surface area contributed by atoms with Gasteiger partial charge in [0.25, 0.3) is 0 Å². The summed E-state index contributed by atoms with van der Waals surface area (Å²) < 4.78 is 0. The van der Waals surface area contributed by atoms with Crippen molar-refractivity contribution < 1.29 is 4.92 Å². The summed E-state index contributed by atoms with van der Waals surface area (Å²) in [6.07, 6.45) is 2.62. The number of para-hydroxylation sites is 1. The van der Waals surface area contributed by atoms with Crippen LogP contribution in [-0.2, 0) is 0 Å². The molecule has 25 heavy (non-hydrogen) atoms. The molecule has 0 saturated heterocycles. The molecule has 0 atom stereocenters. The summed E-state index contributed by atoms with van der Waals surface area (Å²) in [5.41, 5.74) is 0.153. The van der Waals surface area contributed by atoms with Gasteiger partial charge in [-0.05, 0) is 24.3 Å². The van der Waals surface area contributed by atoms with Gasteiger partial charge < -0.3 is 10.6 Å². The van der Waals surface area contributed by atoms with Crippen molar-refractivity contribution in [2.45, 2.75) is 0 Å². The maximum absolute atomic E-state index is 11.5. The Kier molecular flexibility index (Phi) is 4.92. The molecule has 0 aliphatic carbocycles. The fourth-order valence-corrected chi connectivity index (χ4v) is 2.29. The predicted octanol–water partition coefficient (Wildman–Crippen LogP) is 4.57. The van der Waals surface area contributed by atoms with E-state index in [1.165, 1.54) is 12.5 Å². The molecule has 0 amide bonds. The summed E-state index contributed by atoms with van der Waals surface area (Å²) in [5, 5.41) is 18.0. The Hall–Kier alpha value is -2.97. The molecule has 0 bridgehead atoms. The molecule has 2 aromatic heterocycles. The number of benzene rings is 1. The van der Waals surface area contributed by atoms with Crippen LogP contribution in [0.3, 0.4) is 0 Å². The Morgan fingerprint density at radius 2 is 1.68 bits per heavy atom. The number of hydrogen-bond donors (Lipinski definition) is 2. The Morgan fingerprint density at radius 1 is 0.960 bits per heavy atom. The second-order valence-corrected chi connectivity index (χ2v) is 5.61. The normalized spacial score (nSPS) is 10.3. The van der Waals surface area contributed by atoms with Crippen LogP contribution in [0, 0.1) is 10.1 Å². The maximum atomic E-state index is 11.5. The zero-order valence-corrected chi connectivity index (χ0v) is 14.0. The number of rotatable bonds is 5. The van der Waals surface area contributed by atoms with Crippen LogP contribution in [0.2, 0.25) is 10.0 Å². The van der Waals surface area contributed by atoms with Crippen molar-refractivity contribution in [3.8, 4) is 0 Å². The summed E-state index contributed by atoms with van der Waals surface area (Å²) in [5.74, 6) is 0.351. The van der Waals surface area contributed by atoms with E-state index in [0.717, 1.165) is 0 Å². The zero-order chi connectivity index (χ0) is 17.8. The number of nitro groups is 1. The lowest BCUT2D eigenvalue weighted by Gasteiger charge is -2.10. The summed E-state index contributed by atoms with van der Waals surface area (Å²) >= 11 is 11.9. The lowest BCUT2D eigenvalue weighted by atomic mass is 10.3. The molecule has 0 aliphatic heterocycles. The third-order valence-corrected chi connectivity index (χ3v) is 3.66. The standard InChI is InChI=1S/C15H10Cl2N6O2/c16-9-5-6-12(18-7-9)22-15-13(23(24)25)14(19-8-20-15)21-11-4-2-1-3-10(11)17/h1-8H,(H2,18,19,20,21,22). The lowest BCUT2D eigenvalue weighted by Crippen LogP contribution is -2.06. The molecule has 8 nitrogen and oxygen atoms in total. The molecule has 10 heteroatoms. The first-order valence-electron chi connectivity index (χ1n) is 6.94. The van der Waals surface area contributed by atoms with E-state index >= 15 is 0 Å². The number of halogens is 2. The topological polar surface area (TPSA) is 106 Å². The van der Waals surface area contributed by atoms with E-state index in [4.69, 9.17) is 23.2 Å². The highest BCUT2D eigenvalue weighted by Crippen LogP contribution is 2.34. The summed E-state index contributed by atoms with van der Waals surface area (Å²) in [6, 6.07) is 10.0. The minimum atomic E-state index is -0.586. The predicted molar refractivity (Wildman–Crippen MR) is 96.0 cm³/mol. The third-order valence-electron chi connectivity index (χ3n) is 3.11. The number of pyridine rings is 1. The van der Waals surface area contributed by atoms with E-state index in [1.54, 1.807) is 36.4 Å². The van der Waals surface area contributed by atoms with Crippen LogP contribution in [0.4, 0.5) is 28.8 Å². The van der Waals surface area contributed by atoms with E-state index in [-0.39, 0.29) is 17.3 Å².